The van der Waals surface area contributed by atoms with Crippen LogP contribution in [0, 0.1) is 0 Å². The van der Waals surface area contributed by atoms with Crippen molar-refractivity contribution in [3.63, 3.8) is 0 Å². The van der Waals surface area contributed by atoms with E-state index < -0.39 is 0 Å². The van der Waals surface area contributed by atoms with Gasteiger partial charge in [-0.25, -0.2) is 0 Å². The van der Waals surface area contributed by atoms with Crippen LogP contribution in [0.15, 0.2) is 36.4 Å². The molecule has 2 aliphatic rings. The lowest BCUT2D eigenvalue weighted by Crippen LogP contribution is -2.12. The monoisotopic (exact) mass is 363 g/mol. The van der Waals surface area contributed by atoms with Crippen molar-refractivity contribution < 1.29 is 23.7 Å². The Kier molecular flexibility index (Phi) is 3.40. The van der Waals surface area contributed by atoms with E-state index >= 15 is 0 Å². The molecule has 0 bridgehead atoms. The van der Waals surface area contributed by atoms with Gasteiger partial charge in [-0.05, 0) is 46.3 Å². The highest BCUT2D eigenvalue weighted by Gasteiger charge is 2.27. The average molecular weight is 363 g/mol. The summed E-state index contributed by atoms with van der Waals surface area (Å²) in [6, 6.07) is 11.5. The maximum Gasteiger partial charge on any atom is 0.251 e. The van der Waals surface area contributed by atoms with E-state index in [0.29, 0.717) is 29.4 Å². The lowest BCUT2D eigenvalue weighted by molar-refractivity contribution is 0.0966. The molecule has 1 N–H and O–H groups in total. The van der Waals surface area contributed by atoms with Gasteiger partial charge in [-0.1, -0.05) is 6.07 Å². The molecule has 3 aromatic carbocycles. The molecular weight excluding hydrogens is 346 g/mol. The molecule has 0 aromatic heterocycles. The number of hydrogen-bond acceptors (Lipinski definition) is 5. The lowest BCUT2D eigenvalue weighted by Gasteiger charge is -2.16. The number of hydrogen-bond donors (Lipinski definition) is 1. The van der Waals surface area contributed by atoms with Crippen molar-refractivity contribution in [2.45, 2.75) is 6.54 Å². The van der Waals surface area contributed by atoms with Gasteiger partial charge in [0, 0.05) is 23.6 Å². The number of nitrogens with one attached hydrogen (secondary N) is 1. The molecule has 0 aliphatic carbocycles. The van der Waals surface area contributed by atoms with Gasteiger partial charge in [-0.3, -0.25) is 4.79 Å². The number of benzene rings is 3. The largest absolute Gasteiger partial charge is 0.497 e. The zero-order valence-electron chi connectivity index (χ0n) is 14.9. The Morgan fingerprint density at radius 2 is 1.85 bits per heavy atom. The maximum absolute atomic E-state index is 12.4. The summed E-state index contributed by atoms with van der Waals surface area (Å²) in [6.45, 7) is 0.691. The first-order valence-electron chi connectivity index (χ1n) is 8.59. The summed E-state index contributed by atoms with van der Waals surface area (Å²) in [5.41, 5.74) is 3.53. The first-order chi connectivity index (χ1) is 13.2. The third-order valence-electron chi connectivity index (χ3n) is 5.07. The van der Waals surface area contributed by atoms with E-state index in [1.807, 2.05) is 36.4 Å². The fraction of sp³-hybridized carbons (Fsp3) is 0.190. The van der Waals surface area contributed by atoms with Gasteiger partial charge in [0.15, 0.2) is 11.5 Å². The highest BCUT2D eigenvalue weighted by atomic mass is 16.7. The molecule has 0 unspecified atom stereocenters. The predicted octanol–water partition coefficient (Wildman–Crippen LogP) is 3.50. The van der Waals surface area contributed by atoms with Crippen LogP contribution in [0.1, 0.15) is 15.9 Å². The molecule has 3 aromatic rings. The van der Waals surface area contributed by atoms with E-state index in [-0.39, 0.29) is 12.7 Å². The van der Waals surface area contributed by atoms with Crippen LogP contribution in [-0.4, -0.2) is 26.9 Å². The number of fused-ring (bicyclic) bond motifs is 3. The number of amides is 1. The van der Waals surface area contributed by atoms with Gasteiger partial charge in [0.05, 0.1) is 14.2 Å². The number of carbonyl (C=O) groups is 1. The molecule has 0 radical (unpaired) electrons. The standard InChI is InChI=1S/C21H17NO5/c1-24-13-5-12-6-14-15(9-22-21(14)23)19(20(12)18(8-13)25-2)11-3-4-16-17(7-11)27-10-26-16/h3-8H,9-10H2,1-2H3,(H,22,23). The molecule has 2 heterocycles. The van der Waals surface area contributed by atoms with Gasteiger partial charge in [0.1, 0.15) is 11.5 Å². The van der Waals surface area contributed by atoms with E-state index in [1.165, 1.54) is 0 Å². The molecule has 136 valence electrons. The number of ether oxygens (including phenoxy) is 4. The van der Waals surface area contributed by atoms with E-state index in [2.05, 4.69) is 5.32 Å². The van der Waals surface area contributed by atoms with Crippen molar-refractivity contribution in [3.05, 3.63) is 47.5 Å². The molecule has 6 heteroatoms. The van der Waals surface area contributed by atoms with Gasteiger partial charge in [0.2, 0.25) is 6.79 Å². The summed E-state index contributed by atoms with van der Waals surface area (Å²) in [6.07, 6.45) is 0. The molecule has 1 amide bonds. The molecule has 2 aliphatic heterocycles. The average Bonchev–Trinajstić information content (AvgIpc) is 3.31. The normalized spacial score (nSPS) is 14.2. The van der Waals surface area contributed by atoms with Crippen LogP contribution in [0.5, 0.6) is 23.0 Å². The third kappa shape index (κ3) is 2.30. The molecule has 5 rings (SSSR count). The summed E-state index contributed by atoms with van der Waals surface area (Å²) in [7, 11) is 3.24. The van der Waals surface area contributed by atoms with Crippen LogP contribution in [-0.2, 0) is 6.54 Å². The van der Waals surface area contributed by atoms with Crippen LogP contribution in [0.4, 0.5) is 0 Å². The van der Waals surface area contributed by atoms with E-state index in [9.17, 15) is 4.79 Å². The second-order valence-corrected chi connectivity index (χ2v) is 6.46. The van der Waals surface area contributed by atoms with Crippen molar-refractivity contribution in [2.75, 3.05) is 21.0 Å². The minimum absolute atomic E-state index is 0.0734. The van der Waals surface area contributed by atoms with Gasteiger partial charge in [-0.2, -0.15) is 0 Å². The van der Waals surface area contributed by atoms with E-state index in [1.54, 1.807) is 14.2 Å². The minimum atomic E-state index is -0.0734. The zero-order valence-corrected chi connectivity index (χ0v) is 14.9. The summed E-state index contributed by atoms with van der Waals surface area (Å²) < 4.78 is 22.1. The second-order valence-electron chi connectivity index (χ2n) is 6.46. The summed E-state index contributed by atoms with van der Waals surface area (Å²) in [5, 5.41) is 4.74. The SMILES string of the molecule is COc1cc(OC)c2c(-c3ccc4c(c3)OCO4)c3c(cc2c1)C(=O)NC3. The first-order valence-corrected chi connectivity index (χ1v) is 8.59. The molecule has 0 atom stereocenters. The van der Waals surface area contributed by atoms with Crippen LogP contribution < -0.4 is 24.3 Å². The topological polar surface area (TPSA) is 66.0 Å². The van der Waals surface area contributed by atoms with Crippen LogP contribution in [0.25, 0.3) is 21.9 Å². The molecular formula is C21H17NO5. The molecule has 0 spiro atoms. The van der Waals surface area contributed by atoms with Crippen molar-refractivity contribution in [1.29, 1.82) is 0 Å². The Hall–Kier alpha value is -3.41. The van der Waals surface area contributed by atoms with Crippen LogP contribution >= 0.6 is 0 Å². The Morgan fingerprint density at radius 1 is 1.00 bits per heavy atom. The Bertz CT molecular complexity index is 1110. The van der Waals surface area contributed by atoms with Crippen molar-refractivity contribution >= 4 is 16.7 Å². The predicted molar refractivity (Wildman–Crippen MR) is 99.8 cm³/mol. The minimum Gasteiger partial charge on any atom is -0.497 e. The van der Waals surface area contributed by atoms with Crippen molar-refractivity contribution in [1.82, 2.24) is 5.32 Å². The summed E-state index contributed by atoms with van der Waals surface area (Å²) in [5.74, 6) is 2.71. The highest BCUT2D eigenvalue weighted by molar-refractivity contribution is 6.11. The number of methoxy groups -OCH3 is 2. The molecule has 6 nitrogen and oxygen atoms in total. The van der Waals surface area contributed by atoms with Gasteiger partial charge >= 0.3 is 0 Å². The van der Waals surface area contributed by atoms with Crippen molar-refractivity contribution in [2.24, 2.45) is 0 Å². The van der Waals surface area contributed by atoms with Crippen molar-refractivity contribution in [3.8, 4) is 34.1 Å². The number of rotatable bonds is 3. The van der Waals surface area contributed by atoms with E-state index in [0.717, 1.165) is 33.2 Å². The molecule has 0 saturated heterocycles. The summed E-state index contributed by atoms with van der Waals surface area (Å²) in [4.78, 5) is 12.4. The molecule has 0 saturated carbocycles. The smallest absolute Gasteiger partial charge is 0.251 e. The van der Waals surface area contributed by atoms with Gasteiger partial charge in [-0.15, -0.1) is 0 Å². The Labute approximate surface area is 155 Å². The van der Waals surface area contributed by atoms with Crippen LogP contribution in [0.3, 0.4) is 0 Å². The third-order valence-corrected chi connectivity index (χ3v) is 5.07. The quantitative estimate of drug-likeness (QED) is 0.772. The molecule has 0 fully saturated rings. The summed E-state index contributed by atoms with van der Waals surface area (Å²) >= 11 is 0. The fourth-order valence-corrected chi connectivity index (χ4v) is 3.82. The van der Waals surface area contributed by atoms with E-state index in [4.69, 9.17) is 18.9 Å². The van der Waals surface area contributed by atoms with Crippen LogP contribution in [0.2, 0.25) is 0 Å². The highest BCUT2D eigenvalue weighted by Crippen LogP contribution is 2.45. The van der Waals surface area contributed by atoms with Gasteiger partial charge in [0.25, 0.3) is 5.91 Å². The second kappa shape index (κ2) is 5.81. The Balaban J connectivity index is 1.88. The first kappa shape index (κ1) is 15.8. The maximum atomic E-state index is 12.4. The Morgan fingerprint density at radius 3 is 2.67 bits per heavy atom. The molecule has 27 heavy (non-hydrogen) atoms. The fourth-order valence-electron chi connectivity index (χ4n) is 3.82. The zero-order chi connectivity index (χ0) is 18.5. The van der Waals surface area contributed by atoms with Gasteiger partial charge < -0.3 is 24.3 Å². The number of carbonyl (C=O) groups excluding carboxylic acids is 1. The lowest BCUT2D eigenvalue weighted by atomic mass is 9.90.